The van der Waals surface area contributed by atoms with Gasteiger partial charge >= 0.3 is 0 Å². The molecule has 14 heavy (non-hydrogen) atoms. The second kappa shape index (κ2) is 3.59. The highest BCUT2D eigenvalue weighted by Gasteiger charge is 2.07. The highest BCUT2D eigenvalue weighted by Crippen LogP contribution is 2.18. The summed E-state index contributed by atoms with van der Waals surface area (Å²) in [6, 6.07) is 0. The number of aryl methyl sites for hydroxylation is 2. The molecule has 6 heteroatoms. The predicted molar refractivity (Wildman–Crippen MR) is 55.4 cm³/mol. The molecule has 2 aromatic rings. The molecule has 0 N–H and O–H groups in total. The van der Waals surface area contributed by atoms with E-state index in [4.69, 9.17) is 11.6 Å². The number of hydrogen-bond donors (Lipinski definition) is 0. The minimum atomic E-state index is 0.207. The summed E-state index contributed by atoms with van der Waals surface area (Å²) in [5.41, 5.74) is 0.750. The summed E-state index contributed by atoms with van der Waals surface area (Å²) in [7, 11) is 0. The van der Waals surface area contributed by atoms with Gasteiger partial charge < -0.3 is 0 Å². The van der Waals surface area contributed by atoms with E-state index >= 15 is 0 Å². The second-order valence-electron chi connectivity index (χ2n) is 2.73. The van der Waals surface area contributed by atoms with Crippen molar-refractivity contribution in [2.24, 2.45) is 0 Å². The molecule has 0 aromatic carbocycles. The minimum absolute atomic E-state index is 0.207. The molecule has 0 fully saturated rings. The Morgan fingerprint density at radius 2 is 1.93 bits per heavy atom. The zero-order chi connectivity index (χ0) is 10.1. The fraction of sp³-hybridized carbons (Fsp3) is 0.250. The van der Waals surface area contributed by atoms with Gasteiger partial charge in [-0.05, 0) is 25.4 Å². The lowest BCUT2D eigenvalue weighted by Gasteiger charge is -1.96. The van der Waals surface area contributed by atoms with Crippen molar-refractivity contribution in [2.75, 3.05) is 0 Å². The first-order chi connectivity index (χ1) is 6.65. The van der Waals surface area contributed by atoms with E-state index in [0.717, 1.165) is 10.7 Å². The number of nitrogens with zero attached hydrogens (tertiary/aromatic N) is 4. The van der Waals surface area contributed by atoms with E-state index in [1.807, 2.05) is 12.3 Å². The van der Waals surface area contributed by atoms with Gasteiger partial charge in [-0.3, -0.25) is 0 Å². The van der Waals surface area contributed by atoms with Gasteiger partial charge in [0.25, 0.3) is 0 Å². The molecule has 0 saturated carbocycles. The predicted octanol–water partition coefficient (Wildman–Crippen LogP) is 2.27. The Bertz CT molecular complexity index is 448. The molecule has 0 radical (unpaired) electrons. The molecule has 2 aromatic heterocycles. The SMILES string of the molecule is Cc1nc(Cl)nc(-c2csc(C)n2)n1. The van der Waals surface area contributed by atoms with Crippen LogP contribution >= 0.6 is 22.9 Å². The fourth-order valence-corrected chi connectivity index (χ4v) is 1.82. The molecule has 0 spiro atoms. The number of hydrogen-bond acceptors (Lipinski definition) is 5. The quantitative estimate of drug-likeness (QED) is 0.749. The third-order valence-corrected chi connectivity index (χ3v) is 2.51. The second-order valence-corrected chi connectivity index (χ2v) is 4.13. The van der Waals surface area contributed by atoms with Crippen LogP contribution in [0.4, 0.5) is 0 Å². The van der Waals surface area contributed by atoms with Gasteiger partial charge in [0.1, 0.15) is 11.5 Å². The Balaban J connectivity index is 2.51. The lowest BCUT2D eigenvalue weighted by molar-refractivity contribution is 0.976. The van der Waals surface area contributed by atoms with Crippen molar-refractivity contribution in [1.29, 1.82) is 0 Å². The molecule has 72 valence electrons. The summed E-state index contributed by atoms with van der Waals surface area (Å²) in [6.07, 6.45) is 0. The first kappa shape index (κ1) is 9.48. The maximum absolute atomic E-state index is 5.72. The average Bonchev–Trinajstić information content (AvgIpc) is 2.50. The largest absolute Gasteiger partial charge is 0.238 e. The van der Waals surface area contributed by atoms with Gasteiger partial charge in [-0.1, -0.05) is 0 Å². The molecule has 0 bridgehead atoms. The minimum Gasteiger partial charge on any atom is -0.238 e. The summed E-state index contributed by atoms with van der Waals surface area (Å²) in [4.78, 5) is 16.3. The van der Waals surface area contributed by atoms with Crippen LogP contribution in [-0.4, -0.2) is 19.9 Å². The Kier molecular flexibility index (Phi) is 2.43. The molecule has 0 aliphatic carbocycles. The summed E-state index contributed by atoms with van der Waals surface area (Å²) in [6.45, 7) is 3.71. The van der Waals surface area contributed by atoms with Gasteiger partial charge in [0, 0.05) is 5.38 Å². The summed E-state index contributed by atoms with van der Waals surface area (Å²) in [5.74, 6) is 1.14. The smallest absolute Gasteiger partial charge is 0.226 e. The van der Waals surface area contributed by atoms with E-state index < -0.39 is 0 Å². The summed E-state index contributed by atoms with van der Waals surface area (Å²) >= 11 is 7.28. The lowest BCUT2D eigenvalue weighted by Crippen LogP contribution is -1.96. The van der Waals surface area contributed by atoms with Crippen molar-refractivity contribution in [2.45, 2.75) is 13.8 Å². The first-order valence-corrected chi connectivity index (χ1v) is 5.21. The van der Waals surface area contributed by atoms with Crippen LogP contribution < -0.4 is 0 Å². The van der Waals surface area contributed by atoms with E-state index in [1.165, 1.54) is 0 Å². The van der Waals surface area contributed by atoms with Gasteiger partial charge in [0.05, 0.1) is 5.01 Å². The molecule has 2 rings (SSSR count). The fourth-order valence-electron chi connectivity index (χ4n) is 1.03. The number of aromatic nitrogens is 4. The third kappa shape index (κ3) is 1.88. The molecule has 0 aliphatic heterocycles. The lowest BCUT2D eigenvalue weighted by atomic mass is 10.4. The number of halogens is 1. The first-order valence-electron chi connectivity index (χ1n) is 3.96. The molecule has 0 unspecified atom stereocenters. The zero-order valence-electron chi connectivity index (χ0n) is 7.65. The van der Waals surface area contributed by atoms with Crippen LogP contribution in [-0.2, 0) is 0 Å². The van der Waals surface area contributed by atoms with E-state index in [1.54, 1.807) is 18.3 Å². The standard InChI is InChI=1S/C8H7ClN4S/c1-4-10-7(13-8(9)11-4)6-3-14-5(2)12-6/h3H,1-2H3. The van der Waals surface area contributed by atoms with Crippen LogP contribution in [0.15, 0.2) is 5.38 Å². The molecule has 4 nitrogen and oxygen atoms in total. The van der Waals surface area contributed by atoms with Crippen molar-refractivity contribution in [1.82, 2.24) is 19.9 Å². The highest BCUT2D eigenvalue weighted by atomic mass is 35.5. The van der Waals surface area contributed by atoms with Crippen LogP contribution in [0.3, 0.4) is 0 Å². The van der Waals surface area contributed by atoms with Crippen LogP contribution in [0.2, 0.25) is 5.28 Å². The Morgan fingerprint density at radius 1 is 1.14 bits per heavy atom. The van der Waals surface area contributed by atoms with Crippen molar-refractivity contribution in [3.05, 3.63) is 21.5 Å². The third-order valence-electron chi connectivity index (χ3n) is 1.57. The molecule has 2 heterocycles. The van der Waals surface area contributed by atoms with E-state index in [9.17, 15) is 0 Å². The number of thiazole rings is 1. The van der Waals surface area contributed by atoms with Crippen LogP contribution in [0, 0.1) is 13.8 Å². The number of rotatable bonds is 1. The summed E-state index contributed by atoms with van der Waals surface area (Å²) in [5, 5.41) is 3.09. The zero-order valence-corrected chi connectivity index (χ0v) is 9.22. The van der Waals surface area contributed by atoms with Crippen molar-refractivity contribution < 1.29 is 0 Å². The van der Waals surface area contributed by atoms with Gasteiger partial charge in [0.2, 0.25) is 5.28 Å². The Morgan fingerprint density at radius 3 is 2.50 bits per heavy atom. The highest BCUT2D eigenvalue weighted by molar-refractivity contribution is 7.09. The van der Waals surface area contributed by atoms with Crippen LogP contribution in [0.1, 0.15) is 10.8 Å². The van der Waals surface area contributed by atoms with Gasteiger partial charge in [-0.25, -0.2) is 15.0 Å². The molecule has 0 aliphatic rings. The normalized spacial score (nSPS) is 10.5. The van der Waals surface area contributed by atoms with Crippen molar-refractivity contribution in [3.8, 4) is 11.5 Å². The Hall–Kier alpha value is -1.07. The molecular weight excluding hydrogens is 220 g/mol. The topological polar surface area (TPSA) is 51.6 Å². The van der Waals surface area contributed by atoms with Gasteiger partial charge in [-0.15, -0.1) is 11.3 Å². The molecule has 0 saturated heterocycles. The van der Waals surface area contributed by atoms with Crippen molar-refractivity contribution >= 4 is 22.9 Å². The molecule has 0 atom stereocenters. The summed E-state index contributed by atoms with van der Waals surface area (Å²) < 4.78 is 0. The van der Waals surface area contributed by atoms with E-state index in [0.29, 0.717) is 11.6 Å². The van der Waals surface area contributed by atoms with Gasteiger partial charge in [-0.2, -0.15) is 4.98 Å². The van der Waals surface area contributed by atoms with Crippen LogP contribution in [0.25, 0.3) is 11.5 Å². The maximum atomic E-state index is 5.72. The van der Waals surface area contributed by atoms with Crippen LogP contribution in [0.5, 0.6) is 0 Å². The monoisotopic (exact) mass is 226 g/mol. The van der Waals surface area contributed by atoms with E-state index in [-0.39, 0.29) is 5.28 Å². The average molecular weight is 227 g/mol. The molecular formula is C8H7ClN4S. The maximum Gasteiger partial charge on any atom is 0.226 e. The van der Waals surface area contributed by atoms with Gasteiger partial charge in [0.15, 0.2) is 5.82 Å². The molecule has 0 amide bonds. The van der Waals surface area contributed by atoms with Crippen molar-refractivity contribution in [3.63, 3.8) is 0 Å². The van der Waals surface area contributed by atoms with E-state index in [2.05, 4.69) is 19.9 Å². The Labute approximate surface area is 90.0 Å².